The van der Waals surface area contributed by atoms with E-state index in [4.69, 9.17) is 10.5 Å². The zero-order valence-electron chi connectivity index (χ0n) is 8.99. The van der Waals surface area contributed by atoms with E-state index in [1.165, 1.54) is 6.42 Å². The van der Waals surface area contributed by atoms with Gasteiger partial charge in [-0.1, -0.05) is 13.3 Å². The van der Waals surface area contributed by atoms with Gasteiger partial charge in [-0.2, -0.15) is 5.10 Å². The topological polar surface area (TPSA) is 53.1 Å². The van der Waals surface area contributed by atoms with E-state index >= 15 is 0 Å². The summed E-state index contributed by atoms with van der Waals surface area (Å²) in [4.78, 5) is 0. The lowest BCUT2D eigenvalue weighted by molar-refractivity contribution is 0.121. The third-order valence-electron chi connectivity index (χ3n) is 2.09. The Balaban J connectivity index is 2.18. The summed E-state index contributed by atoms with van der Waals surface area (Å²) in [5.41, 5.74) is 7.30. The average molecular weight is 197 g/mol. The molecule has 14 heavy (non-hydrogen) atoms. The summed E-state index contributed by atoms with van der Waals surface area (Å²) in [6, 6.07) is 0. The van der Waals surface area contributed by atoms with Crippen molar-refractivity contribution < 1.29 is 4.74 Å². The van der Waals surface area contributed by atoms with Crippen LogP contribution in [0.4, 0.5) is 5.69 Å². The first-order valence-corrected chi connectivity index (χ1v) is 5.11. The second-order valence-corrected chi connectivity index (χ2v) is 3.40. The molecule has 0 saturated carbocycles. The summed E-state index contributed by atoms with van der Waals surface area (Å²) in [5, 5.41) is 4.24. The van der Waals surface area contributed by atoms with Gasteiger partial charge in [-0.15, -0.1) is 0 Å². The molecule has 2 N–H and O–H groups in total. The maximum absolute atomic E-state index is 5.67. The predicted molar refractivity (Wildman–Crippen MR) is 57.1 cm³/mol. The first-order chi connectivity index (χ1) is 6.74. The van der Waals surface area contributed by atoms with Crippen LogP contribution in [0.15, 0.2) is 6.20 Å². The molecule has 0 aromatic carbocycles. The maximum atomic E-state index is 5.67. The first kappa shape index (κ1) is 11.0. The van der Waals surface area contributed by atoms with E-state index in [1.807, 2.05) is 17.8 Å². The SMILES string of the molecule is CCCCOCCn1cc(N)c(C)n1. The van der Waals surface area contributed by atoms with Gasteiger partial charge < -0.3 is 10.5 Å². The molecule has 4 nitrogen and oxygen atoms in total. The lowest BCUT2D eigenvalue weighted by Gasteiger charge is -2.02. The smallest absolute Gasteiger partial charge is 0.0822 e. The summed E-state index contributed by atoms with van der Waals surface area (Å²) in [5.74, 6) is 0. The lowest BCUT2D eigenvalue weighted by atomic mass is 10.4. The Hall–Kier alpha value is -1.03. The third kappa shape index (κ3) is 3.38. The van der Waals surface area contributed by atoms with Gasteiger partial charge in [0.2, 0.25) is 0 Å². The summed E-state index contributed by atoms with van der Waals surface area (Å²) in [7, 11) is 0. The predicted octanol–water partition coefficient (Wildman–Crippen LogP) is 1.59. The zero-order valence-corrected chi connectivity index (χ0v) is 8.99. The monoisotopic (exact) mass is 197 g/mol. The minimum Gasteiger partial charge on any atom is -0.396 e. The van der Waals surface area contributed by atoms with Crippen LogP contribution in [0.3, 0.4) is 0 Å². The van der Waals surface area contributed by atoms with E-state index < -0.39 is 0 Å². The number of ether oxygens (including phenoxy) is 1. The van der Waals surface area contributed by atoms with Crippen molar-refractivity contribution in [3.05, 3.63) is 11.9 Å². The van der Waals surface area contributed by atoms with Crippen LogP contribution in [0.5, 0.6) is 0 Å². The Labute approximate surface area is 85.0 Å². The highest BCUT2D eigenvalue weighted by Gasteiger charge is 1.99. The molecule has 0 fully saturated rings. The zero-order chi connectivity index (χ0) is 10.4. The van der Waals surface area contributed by atoms with Crippen molar-refractivity contribution in [2.24, 2.45) is 0 Å². The highest BCUT2D eigenvalue weighted by Crippen LogP contribution is 2.06. The number of rotatable bonds is 6. The first-order valence-electron chi connectivity index (χ1n) is 5.11. The summed E-state index contributed by atoms with van der Waals surface area (Å²) in [6.45, 7) is 6.39. The quantitative estimate of drug-likeness (QED) is 0.705. The number of nitrogens with zero attached hydrogens (tertiary/aromatic N) is 2. The second-order valence-electron chi connectivity index (χ2n) is 3.40. The molecule has 0 atom stereocenters. The highest BCUT2D eigenvalue weighted by atomic mass is 16.5. The molecule has 1 aromatic rings. The third-order valence-corrected chi connectivity index (χ3v) is 2.09. The molecular formula is C10H19N3O. The van der Waals surface area contributed by atoms with Crippen LogP contribution in [0.2, 0.25) is 0 Å². The molecule has 1 heterocycles. The van der Waals surface area contributed by atoms with Crippen LogP contribution in [-0.4, -0.2) is 23.0 Å². The molecule has 0 aliphatic carbocycles. The van der Waals surface area contributed by atoms with Crippen molar-refractivity contribution >= 4 is 5.69 Å². The van der Waals surface area contributed by atoms with E-state index in [0.717, 1.165) is 31.0 Å². The van der Waals surface area contributed by atoms with E-state index in [-0.39, 0.29) is 0 Å². The van der Waals surface area contributed by atoms with Gasteiger partial charge >= 0.3 is 0 Å². The number of anilines is 1. The van der Waals surface area contributed by atoms with Crippen LogP contribution < -0.4 is 5.73 Å². The van der Waals surface area contributed by atoms with Crippen LogP contribution in [0, 0.1) is 6.92 Å². The number of aromatic nitrogens is 2. The number of nitrogen functional groups attached to an aromatic ring is 1. The Morgan fingerprint density at radius 1 is 1.50 bits per heavy atom. The van der Waals surface area contributed by atoms with Gasteiger partial charge in [0, 0.05) is 12.8 Å². The van der Waals surface area contributed by atoms with E-state index in [9.17, 15) is 0 Å². The molecule has 0 aliphatic rings. The Bertz CT molecular complexity index is 251. The largest absolute Gasteiger partial charge is 0.396 e. The molecule has 0 amide bonds. The van der Waals surface area contributed by atoms with E-state index in [1.54, 1.807) is 0 Å². The average Bonchev–Trinajstić information content (AvgIpc) is 2.46. The van der Waals surface area contributed by atoms with Gasteiger partial charge in [-0.3, -0.25) is 4.68 Å². The van der Waals surface area contributed by atoms with Crippen molar-refractivity contribution in [3.8, 4) is 0 Å². The van der Waals surface area contributed by atoms with Crippen LogP contribution >= 0.6 is 0 Å². The normalized spacial score (nSPS) is 10.7. The number of unbranched alkanes of at least 4 members (excludes halogenated alkanes) is 1. The molecule has 4 heteroatoms. The van der Waals surface area contributed by atoms with Gasteiger partial charge in [-0.05, 0) is 13.3 Å². The standard InChI is InChI=1S/C10H19N3O/c1-3-4-6-14-7-5-13-8-10(11)9(2)12-13/h8H,3-7,11H2,1-2H3. The van der Waals surface area contributed by atoms with Crippen LogP contribution in [0.1, 0.15) is 25.5 Å². The van der Waals surface area contributed by atoms with Gasteiger partial charge in [0.15, 0.2) is 0 Å². The number of nitrogens with two attached hydrogens (primary N) is 1. The fraction of sp³-hybridized carbons (Fsp3) is 0.700. The van der Waals surface area contributed by atoms with Crippen LogP contribution in [-0.2, 0) is 11.3 Å². The number of aryl methyl sites for hydroxylation is 1. The molecule has 1 aromatic heterocycles. The fourth-order valence-corrected chi connectivity index (χ4v) is 1.15. The summed E-state index contributed by atoms with van der Waals surface area (Å²) in [6.07, 6.45) is 4.15. The highest BCUT2D eigenvalue weighted by molar-refractivity contribution is 5.39. The Kier molecular flexibility index (Phi) is 4.46. The van der Waals surface area contributed by atoms with Crippen molar-refractivity contribution in [2.75, 3.05) is 18.9 Å². The lowest BCUT2D eigenvalue weighted by Crippen LogP contribution is -2.07. The van der Waals surface area contributed by atoms with Gasteiger partial charge in [-0.25, -0.2) is 0 Å². The molecule has 1 rings (SSSR count). The summed E-state index contributed by atoms with van der Waals surface area (Å²) >= 11 is 0. The Morgan fingerprint density at radius 2 is 2.29 bits per heavy atom. The van der Waals surface area contributed by atoms with Crippen molar-refractivity contribution in [1.29, 1.82) is 0 Å². The minimum atomic E-state index is 0.709. The maximum Gasteiger partial charge on any atom is 0.0822 e. The minimum absolute atomic E-state index is 0.709. The molecule has 0 spiro atoms. The van der Waals surface area contributed by atoms with Crippen LogP contribution in [0.25, 0.3) is 0 Å². The van der Waals surface area contributed by atoms with E-state index in [2.05, 4.69) is 12.0 Å². The molecule has 0 radical (unpaired) electrons. The Morgan fingerprint density at radius 3 is 2.86 bits per heavy atom. The van der Waals surface area contributed by atoms with Gasteiger partial charge in [0.1, 0.15) is 0 Å². The van der Waals surface area contributed by atoms with Gasteiger partial charge in [0.25, 0.3) is 0 Å². The molecule has 0 aliphatic heterocycles. The second kappa shape index (κ2) is 5.65. The molecular weight excluding hydrogens is 178 g/mol. The molecule has 0 bridgehead atoms. The van der Waals surface area contributed by atoms with Gasteiger partial charge in [0.05, 0.1) is 24.5 Å². The van der Waals surface area contributed by atoms with Crippen molar-refractivity contribution in [1.82, 2.24) is 9.78 Å². The summed E-state index contributed by atoms with van der Waals surface area (Å²) < 4.78 is 7.26. The molecule has 0 unspecified atom stereocenters. The number of hydrogen-bond donors (Lipinski definition) is 1. The fourth-order valence-electron chi connectivity index (χ4n) is 1.15. The molecule has 0 saturated heterocycles. The van der Waals surface area contributed by atoms with E-state index in [0.29, 0.717) is 6.61 Å². The number of hydrogen-bond acceptors (Lipinski definition) is 3. The van der Waals surface area contributed by atoms with Crippen molar-refractivity contribution in [3.63, 3.8) is 0 Å². The molecule has 80 valence electrons. The van der Waals surface area contributed by atoms with Crippen molar-refractivity contribution in [2.45, 2.75) is 33.2 Å².